The Morgan fingerprint density at radius 1 is 1.29 bits per heavy atom. The van der Waals surface area contributed by atoms with Crippen molar-refractivity contribution in [3.63, 3.8) is 0 Å². The summed E-state index contributed by atoms with van der Waals surface area (Å²) in [5.41, 5.74) is 0.669. The normalized spacial score (nSPS) is 13.4. The first-order chi connectivity index (χ1) is 12.9. The van der Waals surface area contributed by atoms with Crippen molar-refractivity contribution >= 4 is 87.2 Å². The van der Waals surface area contributed by atoms with Crippen LogP contribution in [0.1, 0.15) is 6.92 Å². The number of aromatic nitrogens is 2. The third kappa shape index (κ3) is 6.76. The van der Waals surface area contributed by atoms with E-state index in [0.29, 0.717) is 34.0 Å². The Labute approximate surface area is 194 Å². The minimum Gasteiger partial charge on any atom is -0.436 e. The van der Waals surface area contributed by atoms with Gasteiger partial charge in [0.25, 0.3) is 3.79 Å². The predicted octanol–water partition coefficient (Wildman–Crippen LogP) is 6.93. The fraction of sp³-hybridized carbons (Fsp3) is 0.529. The number of alkyl halides is 3. The molecule has 0 aliphatic heterocycles. The number of aliphatic imine (C=N–C) groups is 1. The summed E-state index contributed by atoms with van der Waals surface area (Å²) in [5, 5.41) is 5.70. The Morgan fingerprint density at radius 2 is 1.96 bits per heavy atom. The van der Waals surface area contributed by atoms with Gasteiger partial charge >= 0.3 is 0 Å². The summed E-state index contributed by atoms with van der Waals surface area (Å²) in [4.78, 5) is 4.15. The lowest BCUT2D eigenvalue weighted by atomic mass is 10.2. The van der Waals surface area contributed by atoms with E-state index in [1.807, 2.05) is 6.92 Å². The van der Waals surface area contributed by atoms with Crippen LogP contribution < -0.4 is 4.74 Å². The van der Waals surface area contributed by atoms with Crippen LogP contribution in [0.25, 0.3) is 10.9 Å². The summed E-state index contributed by atoms with van der Waals surface area (Å²) in [5.74, 6) is 0.347. The third-order valence-electron chi connectivity index (χ3n) is 3.69. The van der Waals surface area contributed by atoms with Gasteiger partial charge < -0.3 is 9.47 Å². The number of hydrogen-bond acceptors (Lipinski definition) is 4. The second-order valence-electron chi connectivity index (χ2n) is 7.32. The number of fused-ring (bicyclic) bond motifs is 1. The van der Waals surface area contributed by atoms with E-state index >= 15 is 0 Å². The molecule has 0 unspecified atom stereocenters. The van der Waals surface area contributed by atoms with Crippen molar-refractivity contribution in [1.82, 2.24) is 9.78 Å². The lowest BCUT2D eigenvalue weighted by molar-refractivity contribution is 0.0813. The van der Waals surface area contributed by atoms with Crippen molar-refractivity contribution in [3.05, 3.63) is 21.8 Å². The fourth-order valence-corrected chi connectivity index (χ4v) is 4.09. The minimum atomic E-state index is -1.80. The summed E-state index contributed by atoms with van der Waals surface area (Å²) in [6, 6.07) is 4.48. The molecule has 1 aromatic carbocycles. The van der Waals surface area contributed by atoms with Crippen LogP contribution in [0.2, 0.25) is 30.7 Å². The van der Waals surface area contributed by atoms with E-state index in [1.54, 1.807) is 16.8 Å². The zero-order chi connectivity index (χ0) is 21.1. The first kappa shape index (κ1) is 24.2. The smallest absolute Gasteiger partial charge is 0.266 e. The number of benzene rings is 1. The molecule has 0 N–H and O–H groups in total. The van der Waals surface area contributed by atoms with Gasteiger partial charge in [-0.05, 0) is 35.0 Å². The van der Waals surface area contributed by atoms with E-state index in [1.165, 1.54) is 0 Å². The van der Waals surface area contributed by atoms with E-state index in [0.717, 1.165) is 11.4 Å². The maximum Gasteiger partial charge on any atom is 0.266 e. The number of nitrogens with zero attached hydrogens (tertiary/aromatic N) is 3. The lowest BCUT2D eigenvalue weighted by Crippen LogP contribution is -2.26. The van der Waals surface area contributed by atoms with E-state index in [2.05, 4.69) is 45.7 Å². The SMILES string of the molecule is CCN=C(Oc1cc(Cl)cc2c(Br)nn(COCC[Si](C)(C)C)c12)C(Cl)(Cl)Cl. The van der Waals surface area contributed by atoms with Gasteiger partial charge in [0.05, 0.1) is 0 Å². The van der Waals surface area contributed by atoms with Crippen LogP contribution in [0.4, 0.5) is 0 Å². The van der Waals surface area contributed by atoms with Crippen molar-refractivity contribution in [1.29, 1.82) is 0 Å². The molecule has 5 nitrogen and oxygen atoms in total. The highest BCUT2D eigenvalue weighted by Crippen LogP contribution is 2.37. The Morgan fingerprint density at radius 3 is 2.54 bits per heavy atom. The Hall–Kier alpha value is -0.0231. The highest BCUT2D eigenvalue weighted by Gasteiger charge is 2.31. The first-order valence-corrected chi connectivity index (χ1v) is 14.7. The second kappa shape index (κ2) is 9.86. The van der Waals surface area contributed by atoms with Crippen molar-refractivity contribution in [2.75, 3.05) is 13.2 Å². The Kier molecular flexibility index (Phi) is 8.54. The molecule has 2 aromatic rings. The molecule has 0 saturated heterocycles. The predicted molar refractivity (Wildman–Crippen MR) is 125 cm³/mol. The summed E-state index contributed by atoms with van der Waals surface area (Å²) < 4.78 is 12.2. The van der Waals surface area contributed by atoms with E-state index in [4.69, 9.17) is 55.9 Å². The van der Waals surface area contributed by atoms with Crippen molar-refractivity contribution in [2.24, 2.45) is 4.99 Å². The number of hydrogen-bond donors (Lipinski definition) is 0. The van der Waals surface area contributed by atoms with E-state index in [-0.39, 0.29) is 12.6 Å². The van der Waals surface area contributed by atoms with Crippen LogP contribution in [0.3, 0.4) is 0 Å². The third-order valence-corrected chi connectivity index (χ3v) is 6.68. The molecule has 0 amide bonds. The molecule has 28 heavy (non-hydrogen) atoms. The topological polar surface area (TPSA) is 48.6 Å². The Bertz CT molecular complexity index is 863. The highest BCUT2D eigenvalue weighted by atomic mass is 79.9. The van der Waals surface area contributed by atoms with Gasteiger partial charge in [0.2, 0.25) is 5.90 Å². The van der Waals surface area contributed by atoms with Gasteiger partial charge in [0.1, 0.15) is 16.9 Å². The molecule has 11 heteroatoms. The summed E-state index contributed by atoms with van der Waals surface area (Å²) in [7, 11) is -1.18. The van der Waals surface area contributed by atoms with Gasteiger partial charge in [-0.25, -0.2) is 4.68 Å². The van der Waals surface area contributed by atoms with Crippen LogP contribution in [0, 0.1) is 0 Å². The van der Waals surface area contributed by atoms with Gasteiger partial charge in [-0.1, -0.05) is 66.0 Å². The molecule has 156 valence electrons. The van der Waals surface area contributed by atoms with Gasteiger partial charge in [-0.2, -0.15) is 5.10 Å². The largest absolute Gasteiger partial charge is 0.436 e. The molecule has 0 fully saturated rings. The standard InChI is InChI=1S/C17H22BrCl4N3O2Si/c1-5-23-16(17(20,21)22)27-13-9-11(19)8-12-14(13)25(24-15(12)18)10-26-6-7-28(2,3)4/h8-9H,5-7,10H2,1-4H3. The van der Waals surface area contributed by atoms with E-state index < -0.39 is 11.9 Å². The number of halogens is 5. The lowest BCUT2D eigenvalue weighted by Gasteiger charge is -2.17. The molecular formula is C17H22BrCl4N3O2Si. The van der Waals surface area contributed by atoms with Crippen LogP contribution in [-0.2, 0) is 11.5 Å². The molecule has 0 saturated carbocycles. The molecule has 0 atom stereocenters. The van der Waals surface area contributed by atoms with Crippen LogP contribution >= 0.6 is 62.3 Å². The summed E-state index contributed by atoms with van der Waals surface area (Å²) in [6.45, 7) is 10.0. The highest BCUT2D eigenvalue weighted by molar-refractivity contribution is 9.10. The quantitative estimate of drug-likeness (QED) is 0.124. The minimum absolute atomic E-state index is 0.0351. The van der Waals surface area contributed by atoms with Gasteiger partial charge in [-0.15, -0.1) is 0 Å². The summed E-state index contributed by atoms with van der Waals surface area (Å²) in [6.07, 6.45) is 0. The van der Waals surface area contributed by atoms with Gasteiger partial charge in [-0.3, -0.25) is 4.99 Å². The second-order valence-corrected chi connectivity index (χ2v) is 16.4. The molecular weight excluding hydrogens is 528 g/mol. The van der Waals surface area contributed by atoms with Crippen LogP contribution in [0.15, 0.2) is 21.7 Å². The maximum atomic E-state index is 6.25. The van der Waals surface area contributed by atoms with Crippen molar-refractivity contribution < 1.29 is 9.47 Å². The van der Waals surface area contributed by atoms with Crippen molar-refractivity contribution in [3.8, 4) is 5.75 Å². The number of ether oxygens (including phenoxy) is 2. The molecule has 0 aliphatic rings. The molecule has 0 aliphatic carbocycles. The molecule has 1 heterocycles. The molecule has 1 aromatic heterocycles. The molecule has 0 spiro atoms. The van der Waals surface area contributed by atoms with Crippen LogP contribution in [0.5, 0.6) is 5.75 Å². The van der Waals surface area contributed by atoms with Gasteiger partial charge in [0.15, 0.2) is 5.75 Å². The van der Waals surface area contributed by atoms with Crippen LogP contribution in [-0.4, -0.2) is 40.7 Å². The summed E-state index contributed by atoms with van der Waals surface area (Å²) >= 11 is 27.7. The first-order valence-electron chi connectivity index (χ1n) is 8.65. The fourth-order valence-electron chi connectivity index (χ4n) is 2.34. The molecule has 0 radical (unpaired) electrons. The average Bonchev–Trinajstić information content (AvgIpc) is 2.85. The number of rotatable bonds is 7. The van der Waals surface area contributed by atoms with Crippen molar-refractivity contribution in [2.45, 2.75) is 43.1 Å². The van der Waals surface area contributed by atoms with Gasteiger partial charge in [0, 0.05) is 37.7 Å². The van der Waals surface area contributed by atoms with E-state index in [9.17, 15) is 0 Å². The monoisotopic (exact) mass is 547 g/mol. The zero-order valence-electron chi connectivity index (χ0n) is 16.0. The Balaban J connectivity index is 2.38. The zero-order valence-corrected chi connectivity index (χ0v) is 21.6. The maximum absolute atomic E-state index is 6.25. The molecule has 0 bridgehead atoms. The molecule has 2 rings (SSSR count). The average molecular weight is 550 g/mol.